The monoisotopic (exact) mass is 368 g/mol. The number of imide groups is 1. The number of urea groups is 1. The van der Waals surface area contributed by atoms with Crippen LogP contribution in [0.4, 0.5) is 4.79 Å². The van der Waals surface area contributed by atoms with Gasteiger partial charge in [0.05, 0.1) is 11.4 Å². The summed E-state index contributed by atoms with van der Waals surface area (Å²) in [5.74, 6) is -0.408. The first kappa shape index (κ1) is 17.6. The van der Waals surface area contributed by atoms with Crippen LogP contribution in [0.3, 0.4) is 0 Å². The van der Waals surface area contributed by atoms with Crippen molar-refractivity contribution in [2.45, 2.75) is 11.7 Å². The molecule has 0 saturated heterocycles. The van der Waals surface area contributed by atoms with E-state index in [9.17, 15) is 9.59 Å². The van der Waals surface area contributed by atoms with E-state index in [1.165, 1.54) is 4.68 Å². The first-order valence-electron chi connectivity index (χ1n) is 7.80. The average Bonchev–Trinajstić information content (AvgIpc) is 3.15. The van der Waals surface area contributed by atoms with Gasteiger partial charge in [-0.1, -0.05) is 60.3 Å². The Labute approximate surface area is 154 Å². The minimum Gasteiger partial charge on any atom is -0.334 e. The van der Waals surface area contributed by atoms with Gasteiger partial charge < -0.3 is 5.32 Å². The first-order chi connectivity index (χ1) is 12.7. The summed E-state index contributed by atoms with van der Waals surface area (Å²) in [5.41, 5.74) is 1.74. The van der Waals surface area contributed by atoms with Gasteiger partial charge in [-0.2, -0.15) is 4.68 Å². The van der Waals surface area contributed by atoms with E-state index >= 15 is 0 Å². The standard InChI is InChI=1S/C17H16N6O2S/c24-15(19-16(25)18-11-13-7-3-1-4-8-13)12-26-17-20-21-22-23(17)14-9-5-2-6-10-14/h1-10H,11-12H2,(H2,18,19,24,25). The molecule has 0 bridgehead atoms. The Morgan fingerprint density at radius 3 is 2.42 bits per heavy atom. The summed E-state index contributed by atoms with van der Waals surface area (Å²) in [6.07, 6.45) is 0. The molecular weight excluding hydrogens is 352 g/mol. The number of carbonyl (C=O) groups excluding carboxylic acids is 2. The number of thioether (sulfide) groups is 1. The maximum atomic E-state index is 11.9. The number of hydrogen-bond donors (Lipinski definition) is 2. The Bertz CT molecular complexity index is 869. The second-order valence-corrected chi connectivity index (χ2v) is 6.16. The molecule has 3 amide bonds. The second-order valence-electron chi connectivity index (χ2n) is 5.21. The third-order valence-corrected chi connectivity index (χ3v) is 4.24. The van der Waals surface area contributed by atoms with Gasteiger partial charge in [-0.05, 0) is 28.1 Å². The van der Waals surface area contributed by atoms with E-state index in [0.717, 1.165) is 23.0 Å². The first-order valence-corrected chi connectivity index (χ1v) is 8.79. The highest BCUT2D eigenvalue weighted by atomic mass is 32.2. The number of rotatable bonds is 6. The van der Waals surface area contributed by atoms with Crippen LogP contribution >= 0.6 is 11.8 Å². The zero-order chi connectivity index (χ0) is 18.2. The molecule has 26 heavy (non-hydrogen) atoms. The quantitative estimate of drug-likeness (QED) is 0.643. The van der Waals surface area contributed by atoms with Gasteiger partial charge in [0, 0.05) is 6.54 Å². The van der Waals surface area contributed by atoms with Gasteiger partial charge in [-0.15, -0.1) is 5.10 Å². The van der Waals surface area contributed by atoms with E-state index < -0.39 is 11.9 Å². The Balaban J connectivity index is 1.47. The summed E-state index contributed by atoms with van der Waals surface area (Å²) in [4.78, 5) is 23.7. The fraction of sp³-hybridized carbons (Fsp3) is 0.118. The number of nitrogens with zero attached hydrogens (tertiary/aromatic N) is 4. The van der Waals surface area contributed by atoms with E-state index in [-0.39, 0.29) is 5.75 Å². The predicted octanol–water partition coefficient (Wildman–Crippen LogP) is 1.78. The lowest BCUT2D eigenvalue weighted by molar-refractivity contribution is -0.117. The molecule has 2 aromatic carbocycles. The molecule has 0 aliphatic heterocycles. The number of tetrazole rings is 1. The zero-order valence-corrected chi connectivity index (χ0v) is 14.5. The van der Waals surface area contributed by atoms with Crippen LogP contribution in [-0.2, 0) is 11.3 Å². The Morgan fingerprint density at radius 2 is 1.69 bits per heavy atom. The molecule has 9 heteroatoms. The van der Waals surface area contributed by atoms with Crippen molar-refractivity contribution in [3.8, 4) is 5.69 Å². The Morgan fingerprint density at radius 1 is 1.00 bits per heavy atom. The van der Waals surface area contributed by atoms with Crippen LogP contribution in [0.5, 0.6) is 0 Å². The summed E-state index contributed by atoms with van der Waals surface area (Å²) < 4.78 is 1.54. The van der Waals surface area contributed by atoms with Crippen molar-refractivity contribution >= 4 is 23.7 Å². The van der Waals surface area contributed by atoms with Crippen molar-refractivity contribution < 1.29 is 9.59 Å². The van der Waals surface area contributed by atoms with Crippen LogP contribution in [-0.4, -0.2) is 37.9 Å². The molecule has 1 heterocycles. The highest BCUT2D eigenvalue weighted by Gasteiger charge is 2.13. The van der Waals surface area contributed by atoms with E-state index in [2.05, 4.69) is 26.2 Å². The van der Waals surface area contributed by atoms with Crippen LogP contribution in [0, 0.1) is 0 Å². The Hall–Kier alpha value is -3.20. The van der Waals surface area contributed by atoms with Gasteiger partial charge in [0.2, 0.25) is 11.1 Å². The molecule has 0 aliphatic carbocycles. The molecule has 0 unspecified atom stereocenters. The van der Waals surface area contributed by atoms with Crippen molar-refractivity contribution in [3.63, 3.8) is 0 Å². The number of carbonyl (C=O) groups is 2. The minimum atomic E-state index is -0.540. The Kier molecular flexibility index (Phi) is 5.94. The van der Waals surface area contributed by atoms with E-state index in [0.29, 0.717) is 11.7 Å². The summed E-state index contributed by atoms with van der Waals surface area (Å²) in [6, 6.07) is 18.3. The fourth-order valence-corrected chi connectivity index (χ4v) is 2.81. The van der Waals surface area contributed by atoms with E-state index in [1.807, 2.05) is 60.7 Å². The van der Waals surface area contributed by atoms with Crippen molar-refractivity contribution in [1.82, 2.24) is 30.8 Å². The lowest BCUT2D eigenvalue weighted by atomic mass is 10.2. The molecule has 0 aliphatic rings. The highest BCUT2D eigenvalue weighted by Crippen LogP contribution is 2.17. The summed E-state index contributed by atoms with van der Waals surface area (Å²) in [6.45, 7) is 0.347. The third-order valence-electron chi connectivity index (χ3n) is 3.32. The summed E-state index contributed by atoms with van der Waals surface area (Å²) >= 11 is 1.15. The maximum Gasteiger partial charge on any atom is 0.321 e. The molecule has 0 saturated carbocycles. The molecule has 0 radical (unpaired) electrons. The molecule has 0 atom stereocenters. The normalized spacial score (nSPS) is 10.3. The lowest BCUT2D eigenvalue weighted by Crippen LogP contribution is -2.40. The number of aromatic nitrogens is 4. The van der Waals surface area contributed by atoms with Gasteiger partial charge >= 0.3 is 6.03 Å². The maximum absolute atomic E-state index is 11.9. The molecule has 2 N–H and O–H groups in total. The smallest absolute Gasteiger partial charge is 0.321 e. The predicted molar refractivity (Wildman–Crippen MR) is 96.7 cm³/mol. The molecule has 1 aromatic heterocycles. The number of amides is 3. The number of hydrogen-bond acceptors (Lipinski definition) is 6. The lowest BCUT2D eigenvalue weighted by Gasteiger charge is -2.07. The molecule has 0 spiro atoms. The van der Waals surface area contributed by atoms with E-state index in [1.54, 1.807) is 0 Å². The van der Waals surface area contributed by atoms with Crippen molar-refractivity contribution in [2.24, 2.45) is 0 Å². The zero-order valence-electron chi connectivity index (χ0n) is 13.7. The van der Waals surface area contributed by atoms with Crippen molar-refractivity contribution in [2.75, 3.05) is 5.75 Å². The average molecular weight is 368 g/mol. The van der Waals surface area contributed by atoms with Crippen molar-refractivity contribution in [1.29, 1.82) is 0 Å². The van der Waals surface area contributed by atoms with Crippen LogP contribution in [0.2, 0.25) is 0 Å². The largest absolute Gasteiger partial charge is 0.334 e. The minimum absolute atomic E-state index is 0.0198. The van der Waals surface area contributed by atoms with Gasteiger partial charge in [0.1, 0.15) is 0 Å². The molecule has 3 aromatic rings. The molecular formula is C17H16N6O2S. The molecule has 3 rings (SSSR count). The summed E-state index contributed by atoms with van der Waals surface area (Å²) in [7, 11) is 0. The number of para-hydroxylation sites is 1. The topological polar surface area (TPSA) is 102 Å². The van der Waals surface area contributed by atoms with Crippen molar-refractivity contribution in [3.05, 3.63) is 66.2 Å². The SMILES string of the molecule is O=C(CSc1nnnn1-c1ccccc1)NC(=O)NCc1ccccc1. The number of benzene rings is 2. The van der Waals surface area contributed by atoms with E-state index in [4.69, 9.17) is 0 Å². The van der Waals surface area contributed by atoms with Gasteiger partial charge in [-0.3, -0.25) is 10.1 Å². The highest BCUT2D eigenvalue weighted by molar-refractivity contribution is 7.99. The fourth-order valence-electron chi connectivity index (χ4n) is 2.12. The third kappa shape index (κ3) is 4.90. The molecule has 8 nitrogen and oxygen atoms in total. The van der Waals surface area contributed by atoms with Crippen LogP contribution in [0.15, 0.2) is 65.8 Å². The number of nitrogens with one attached hydrogen (secondary N) is 2. The van der Waals surface area contributed by atoms with Gasteiger partial charge in [0.15, 0.2) is 0 Å². The van der Waals surface area contributed by atoms with Gasteiger partial charge in [0.25, 0.3) is 0 Å². The van der Waals surface area contributed by atoms with Gasteiger partial charge in [-0.25, -0.2) is 4.79 Å². The van der Waals surface area contributed by atoms with Crippen LogP contribution in [0.25, 0.3) is 5.69 Å². The second kappa shape index (κ2) is 8.77. The van der Waals surface area contributed by atoms with Crippen LogP contribution in [0.1, 0.15) is 5.56 Å². The molecule has 132 valence electrons. The molecule has 0 fully saturated rings. The summed E-state index contributed by atoms with van der Waals surface area (Å²) in [5, 5.41) is 16.8. The van der Waals surface area contributed by atoms with Crippen LogP contribution < -0.4 is 10.6 Å².